The second-order valence-electron chi connectivity index (χ2n) is 8.00. The average Bonchev–Trinajstić information content (AvgIpc) is 3.34. The molecule has 32 heavy (non-hydrogen) atoms. The third-order valence-corrected chi connectivity index (χ3v) is 6.19. The van der Waals surface area contributed by atoms with Gasteiger partial charge < -0.3 is 9.15 Å². The molecule has 0 spiro atoms. The monoisotopic (exact) mass is 447 g/mol. The Morgan fingerprint density at radius 3 is 2.38 bits per heavy atom. The van der Waals surface area contributed by atoms with E-state index in [4.69, 9.17) is 9.15 Å². The van der Waals surface area contributed by atoms with Crippen LogP contribution in [0.25, 0.3) is 5.57 Å². The molecule has 2 aromatic carbocycles. The minimum Gasteiger partial charge on any atom is -0.491 e. The Morgan fingerprint density at radius 2 is 1.75 bits per heavy atom. The SMILES string of the molecule is Cc1ccc(C2=C(SCc3ccco3)C(=O)N(c3ccc(OC(C)C)cc3)C2=O)c(C)c1. The summed E-state index contributed by atoms with van der Waals surface area (Å²) >= 11 is 1.33. The molecular weight excluding hydrogens is 422 g/mol. The number of carbonyl (C=O) groups is 2. The molecule has 2 heterocycles. The molecule has 1 aliphatic rings. The molecule has 0 saturated heterocycles. The van der Waals surface area contributed by atoms with Crippen LogP contribution in [0, 0.1) is 13.8 Å². The molecule has 0 unspecified atom stereocenters. The second-order valence-corrected chi connectivity index (χ2v) is 8.98. The van der Waals surface area contributed by atoms with Gasteiger partial charge in [-0.3, -0.25) is 9.59 Å². The largest absolute Gasteiger partial charge is 0.491 e. The average molecular weight is 448 g/mol. The standard InChI is InChI=1S/C26H25NO4S/c1-16(2)31-20-10-8-19(9-11-20)27-25(28)23(22-12-7-17(3)14-18(22)4)24(26(27)29)32-15-21-6-5-13-30-21/h5-14,16H,15H2,1-4H3. The number of hydrogen-bond acceptors (Lipinski definition) is 5. The number of aryl methyl sites for hydroxylation is 2. The zero-order chi connectivity index (χ0) is 22.8. The van der Waals surface area contributed by atoms with Gasteiger partial charge in [-0.15, -0.1) is 11.8 Å². The number of nitrogens with zero attached hydrogens (tertiary/aromatic N) is 1. The first-order valence-electron chi connectivity index (χ1n) is 10.5. The summed E-state index contributed by atoms with van der Waals surface area (Å²) in [6.07, 6.45) is 1.64. The Balaban J connectivity index is 1.72. The van der Waals surface area contributed by atoms with E-state index in [1.807, 2.05) is 58.0 Å². The molecule has 6 heteroatoms. The van der Waals surface area contributed by atoms with E-state index >= 15 is 0 Å². The summed E-state index contributed by atoms with van der Waals surface area (Å²) in [5, 5.41) is 0. The number of furan rings is 1. The van der Waals surface area contributed by atoms with Gasteiger partial charge in [-0.1, -0.05) is 23.8 Å². The van der Waals surface area contributed by atoms with E-state index in [0.29, 0.717) is 27.7 Å². The van der Waals surface area contributed by atoms with Gasteiger partial charge in [-0.05, 0) is 75.2 Å². The molecule has 3 aromatic rings. The number of benzene rings is 2. The number of hydrogen-bond donors (Lipinski definition) is 0. The van der Waals surface area contributed by atoms with Crippen molar-refractivity contribution in [1.82, 2.24) is 0 Å². The maximum absolute atomic E-state index is 13.6. The smallest absolute Gasteiger partial charge is 0.272 e. The van der Waals surface area contributed by atoms with Crippen molar-refractivity contribution >= 4 is 34.8 Å². The lowest BCUT2D eigenvalue weighted by molar-refractivity contribution is -0.119. The minimum atomic E-state index is -0.320. The first-order valence-corrected chi connectivity index (χ1v) is 11.5. The van der Waals surface area contributed by atoms with Crippen molar-refractivity contribution in [2.24, 2.45) is 0 Å². The highest BCUT2D eigenvalue weighted by Crippen LogP contribution is 2.40. The predicted molar refractivity (Wildman–Crippen MR) is 128 cm³/mol. The lowest BCUT2D eigenvalue weighted by atomic mass is 9.99. The lowest BCUT2D eigenvalue weighted by Crippen LogP contribution is -2.31. The van der Waals surface area contributed by atoms with Gasteiger partial charge >= 0.3 is 0 Å². The summed E-state index contributed by atoms with van der Waals surface area (Å²) in [6.45, 7) is 7.86. The van der Waals surface area contributed by atoms with Crippen LogP contribution in [0.5, 0.6) is 5.75 Å². The molecule has 0 radical (unpaired) electrons. The Morgan fingerprint density at radius 1 is 1.00 bits per heavy atom. The number of thioether (sulfide) groups is 1. The number of carbonyl (C=O) groups excluding carboxylic acids is 2. The molecule has 164 valence electrons. The highest BCUT2D eigenvalue weighted by molar-refractivity contribution is 8.03. The molecule has 0 fully saturated rings. The summed E-state index contributed by atoms with van der Waals surface area (Å²) in [5.41, 5.74) is 3.79. The zero-order valence-corrected chi connectivity index (χ0v) is 19.4. The van der Waals surface area contributed by atoms with Crippen molar-refractivity contribution in [3.63, 3.8) is 0 Å². The Hall–Kier alpha value is -3.25. The van der Waals surface area contributed by atoms with E-state index in [2.05, 4.69) is 0 Å². The number of rotatable bonds is 7. The van der Waals surface area contributed by atoms with Gasteiger partial charge in [0.05, 0.1) is 34.3 Å². The van der Waals surface area contributed by atoms with Crippen LogP contribution < -0.4 is 9.64 Å². The van der Waals surface area contributed by atoms with Crippen molar-refractivity contribution in [2.45, 2.75) is 39.6 Å². The van der Waals surface area contributed by atoms with E-state index in [1.165, 1.54) is 16.7 Å². The molecule has 0 atom stereocenters. The summed E-state index contributed by atoms with van der Waals surface area (Å²) in [5.74, 6) is 1.26. The van der Waals surface area contributed by atoms with Crippen molar-refractivity contribution in [3.05, 3.63) is 88.2 Å². The van der Waals surface area contributed by atoms with Crippen LogP contribution in [-0.2, 0) is 15.3 Å². The minimum absolute atomic E-state index is 0.0401. The highest BCUT2D eigenvalue weighted by Gasteiger charge is 2.40. The maximum atomic E-state index is 13.6. The van der Waals surface area contributed by atoms with Crippen LogP contribution in [0.3, 0.4) is 0 Å². The Kier molecular flexibility index (Phi) is 6.24. The summed E-state index contributed by atoms with van der Waals surface area (Å²) in [6, 6.07) is 16.6. The van der Waals surface area contributed by atoms with Crippen molar-refractivity contribution in [3.8, 4) is 5.75 Å². The fraction of sp³-hybridized carbons (Fsp3) is 0.231. The lowest BCUT2D eigenvalue weighted by Gasteiger charge is -2.17. The van der Waals surface area contributed by atoms with Crippen molar-refractivity contribution in [1.29, 1.82) is 0 Å². The van der Waals surface area contributed by atoms with Crippen LogP contribution in [0.2, 0.25) is 0 Å². The van der Waals surface area contributed by atoms with Crippen LogP contribution in [0.4, 0.5) is 5.69 Å². The van der Waals surface area contributed by atoms with E-state index < -0.39 is 0 Å². The maximum Gasteiger partial charge on any atom is 0.272 e. The molecule has 0 bridgehead atoms. The third-order valence-electron chi connectivity index (χ3n) is 5.10. The van der Waals surface area contributed by atoms with E-state index in [1.54, 1.807) is 30.5 Å². The molecular formula is C26H25NO4S. The number of anilines is 1. The summed E-state index contributed by atoms with van der Waals surface area (Å²) in [7, 11) is 0. The molecule has 1 aromatic heterocycles. The normalized spacial score (nSPS) is 14.1. The van der Waals surface area contributed by atoms with Crippen molar-refractivity contribution < 1.29 is 18.7 Å². The molecule has 5 nitrogen and oxygen atoms in total. The third kappa shape index (κ3) is 4.36. The molecule has 4 rings (SSSR count). The summed E-state index contributed by atoms with van der Waals surface area (Å²) in [4.78, 5) is 28.7. The second kappa shape index (κ2) is 9.09. The number of amides is 2. The van der Waals surface area contributed by atoms with Crippen LogP contribution in [0.1, 0.15) is 36.3 Å². The van der Waals surface area contributed by atoms with Gasteiger partial charge in [0.1, 0.15) is 11.5 Å². The van der Waals surface area contributed by atoms with E-state index in [-0.39, 0.29) is 17.9 Å². The molecule has 1 aliphatic heterocycles. The van der Waals surface area contributed by atoms with Gasteiger partial charge in [-0.25, -0.2) is 4.90 Å². The van der Waals surface area contributed by atoms with Gasteiger partial charge in [0, 0.05) is 0 Å². The summed E-state index contributed by atoms with van der Waals surface area (Å²) < 4.78 is 11.1. The first-order chi connectivity index (χ1) is 15.3. The number of ether oxygens (including phenoxy) is 1. The molecule has 0 N–H and O–H groups in total. The van der Waals surface area contributed by atoms with Gasteiger partial charge in [0.15, 0.2) is 0 Å². The molecule has 0 saturated carbocycles. The Labute approximate surface area is 192 Å². The quantitative estimate of drug-likeness (QED) is 0.422. The van der Waals surface area contributed by atoms with E-state index in [0.717, 1.165) is 22.5 Å². The van der Waals surface area contributed by atoms with Crippen molar-refractivity contribution in [2.75, 3.05) is 4.90 Å². The van der Waals surface area contributed by atoms with Gasteiger partial charge in [0.2, 0.25) is 0 Å². The van der Waals surface area contributed by atoms with Gasteiger partial charge in [-0.2, -0.15) is 0 Å². The first kappa shape index (κ1) is 22.0. The molecule has 2 amide bonds. The highest BCUT2D eigenvalue weighted by atomic mass is 32.2. The Bertz CT molecular complexity index is 1180. The van der Waals surface area contributed by atoms with Gasteiger partial charge in [0.25, 0.3) is 11.8 Å². The van der Waals surface area contributed by atoms with Crippen LogP contribution >= 0.6 is 11.8 Å². The molecule has 0 aliphatic carbocycles. The van der Waals surface area contributed by atoms with E-state index in [9.17, 15) is 9.59 Å². The zero-order valence-electron chi connectivity index (χ0n) is 18.5. The number of imide groups is 1. The van der Waals surface area contributed by atoms with Crippen LogP contribution in [0.15, 0.2) is 70.2 Å². The fourth-order valence-corrected chi connectivity index (χ4v) is 4.70. The van der Waals surface area contributed by atoms with Crippen LogP contribution in [-0.4, -0.2) is 17.9 Å². The predicted octanol–water partition coefficient (Wildman–Crippen LogP) is 5.90. The fourth-order valence-electron chi connectivity index (χ4n) is 3.69. The topological polar surface area (TPSA) is 59.8 Å².